The van der Waals surface area contributed by atoms with Crippen LogP contribution in [0.1, 0.15) is 22.6 Å². The van der Waals surface area contributed by atoms with Gasteiger partial charge in [-0.3, -0.25) is 4.90 Å². The van der Waals surface area contributed by atoms with Gasteiger partial charge in [0.15, 0.2) is 9.84 Å². The summed E-state index contributed by atoms with van der Waals surface area (Å²) in [6, 6.07) is 13.7. The highest BCUT2D eigenvalue weighted by Gasteiger charge is 2.43. The molecule has 0 bridgehead atoms. The standard InChI is InChI=1S/C25H25N3O6S/c1-14-11-15(2)19(35(5,31)32)12-18(14)28-22(25(30)34-4)21(24(29)33-3)20(17(13-26)23(28)27)16-9-7-6-8-10-16/h6-12,20H,27H2,1-5H3. The molecule has 1 unspecified atom stereocenters. The van der Waals surface area contributed by atoms with Crippen molar-refractivity contribution in [2.24, 2.45) is 5.73 Å². The summed E-state index contributed by atoms with van der Waals surface area (Å²) in [5, 5.41) is 10.1. The highest BCUT2D eigenvalue weighted by molar-refractivity contribution is 7.90. The number of anilines is 1. The number of methoxy groups -OCH3 is 2. The van der Waals surface area contributed by atoms with Crippen LogP contribution in [0, 0.1) is 25.2 Å². The predicted octanol–water partition coefficient (Wildman–Crippen LogP) is 2.60. The number of benzene rings is 2. The monoisotopic (exact) mass is 495 g/mol. The molecular weight excluding hydrogens is 470 g/mol. The lowest BCUT2D eigenvalue weighted by molar-refractivity contribution is -0.139. The quantitative estimate of drug-likeness (QED) is 0.620. The number of ether oxygens (including phenoxy) is 2. The molecule has 0 aliphatic carbocycles. The van der Waals surface area contributed by atoms with Crippen molar-refractivity contribution in [2.45, 2.75) is 24.7 Å². The Morgan fingerprint density at radius 3 is 2.14 bits per heavy atom. The van der Waals surface area contributed by atoms with Gasteiger partial charge in [0.2, 0.25) is 0 Å². The highest BCUT2D eigenvalue weighted by Crippen LogP contribution is 2.44. The van der Waals surface area contributed by atoms with Crippen LogP contribution < -0.4 is 10.6 Å². The number of aryl methyl sites for hydroxylation is 2. The Hall–Kier alpha value is -4.10. The Morgan fingerprint density at radius 1 is 1.03 bits per heavy atom. The van der Waals surface area contributed by atoms with Gasteiger partial charge in [-0.1, -0.05) is 36.4 Å². The van der Waals surface area contributed by atoms with Gasteiger partial charge in [-0.05, 0) is 36.6 Å². The van der Waals surface area contributed by atoms with Crippen LogP contribution in [-0.2, 0) is 28.9 Å². The largest absolute Gasteiger partial charge is 0.466 e. The van der Waals surface area contributed by atoms with Crippen LogP contribution in [0.5, 0.6) is 0 Å². The van der Waals surface area contributed by atoms with Crippen LogP contribution >= 0.6 is 0 Å². The van der Waals surface area contributed by atoms with Gasteiger partial charge in [0, 0.05) is 6.26 Å². The predicted molar refractivity (Wildman–Crippen MR) is 129 cm³/mol. The normalized spacial score (nSPS) is 16.1. The van der Waals surface area contributed by atoms with E-state index in [9.17, 15) is 23.3 Å². The summed E-state index contributed by atoms with van der Waals surface area (Å²) in [7, 11) is -1.35. The van der Waals surface area contributed by atoms with E-state index in [4.69, 9.17) is 15.2 Å². The number of hydrogen-bond acceptors (Lipinski definition) is 9. The Bertz CT molecular complexity index is 1420. The van der Waals surface area contributed by atoms with Gasteiger partial charge in [-0.2, -0.15) is 5.26 Å². The molecule has 0 saturated heterocycles. The van der Waals surface area contributed by atoms with E-state index in [0.717, 1.165) is 20.5 Å². The number of nitrogens with two attached hydrogens (primary N) is 1. The fraction of sp³-hybridized carbons (Fsp3) is 0.240. The van der Waals surface area contributed by atoms with E-state index in [1.165, 1.54) is 11.0 Å². The molecule has 1 aliphatic rings. The molecule has 0 radical (unpaired) electrons. The molecule has 0 saturated carbocycles. The van der Waals surface area contributed by atoms with Crippen molar-refractivity contribution >= 4 is 27.5 Å². The van der Waals surface area contributed by atoms with Crippen LogP contribution in [0.25, 0.3) is 0 Å². The third-order valence-corrected chi connectivity index (χ3v) is 6.98. The highest BCUT2D eigenvalue weighted by atomic mass is 32.2. The molecule has 0 aromatic heterocycles. The lowest BCUT2D eigenvalue weighted by Crippen LogP contribution is -2.41. The lowest BCUT2D eigenvalue weighted by Gasteiger charge is -2.36. The van der Waals surface area contributed by atoms with E-state index in [1.54, 1.807) is 50.2 Å². The Balaban J connectivity index is 2.50. The van der Waals surface area contributed by atoms with Crippen molar-refractivity contribution in [2.75, 3.05) is 25.4 Å². The van der Waals surface area contributed by atoms with Gasteiger partial charge in [0.1, 0.15) is 11.5 Å². The van der Waals surface area contributed by atoms with Gasteiger partial charge in [-0.25, -0.2) is 18.0 Å². The van der Waals surface area contributed by atoms with Gasteiger partial charge >= 0.3 is 11.9 Å². The molecule has 2 aromatic rings. The van der Waals surface area contributed by atoms with Crippen molar-refractivity contribution in [1.82, 2.24) is 0 Å². The summed E-state index contributed by atoms with van der Waals surface area (Å²) >= 11 is 0. The second-order valence-electron chi connectivity index (χ2n) is 8.01. The van der Waals surface area contributed by atoms with E-state index in [0.29, 0.717) is 16.7 Å². The van der Waals surface area contributed by atoms with Crippen LogP contribution in [0.3, 0.4) is 0 Å². The average Bonchev–Trinajstić information content (AvgIpc) is 2.82. The number of nitriles is 1. The zero-order valence-corrected chi connectivity index (χ0v) is 20.8. The molecule has 9 nitrogen and oxygen atoms in total. The Labute approximate surface area is 204 Å². The first-order chi connectivity index (χ1) is 16.5. The van der Waals surface area contributed by atoms with E-state index in [-0.39, 0.29) is 33.2 Å². The van der Waals surface area contributed by atoms with Gasteiger partial charge in [-0.15, -0.1) is 0 Å². The molecule has 10 heteroatoms. The van der Waals surface area contributed by atoms with Crippen molar-refractivity contribution in [3.63, 3.8) is 0 Å². The summed E-state index contributed by atoms with van der Waals surface area (Å²) in [5.74, 6) is -2.93. The van der Waals surface area contributed by atoms with E-state index < -0.39 is 27.7 Å². The first-order valence-corrected chi connectivity index (χ1v) is 12.3. The third kappa shape index (κ3) is 4.50. The van der Waals surface area contributed by atoms with Crippen LogP contribution in [0.4, 0.5) is 5.69 Å². The molecule has 0 amide bonds. The second kappa shape index (κ2) is 9.64. The fourth-order valence-electron chi connectivity index (χ4n) is 4.23. The number of sulfone groups is 1. The van der Waals surface area contributed by atoms with Crippen molar-refractivity contribution in [1.29, 1.82) is 5.26 Å². The first-order valence-electron chi connectivity index (χ1n) is 10.4. The average molecular weight is 496 g/mol. The van der Waals surface area contributed by atoms with Gasteiger partial charge in [0.25, 0.3) is 0 Å². The number of carbonyl (C=O) groups is 2. The molecule has 182 valence electrons. The number of esters is 2. The molecule has 1 aliphatic heterocycles. The zero-order valence-electron chi connectivity index (χ0n) is 19.9. The molecule has 0 spiro atoms. The van der Waals surface area contributed by atoms with E-state index in [2.05, 4.69) is 6.07 Å². The van der Waals surface area contributed by atoms with Gasteiger partial charge in [0.05, 0.1) is 47.9 Å². The topological polar surface area (TPSA) is 140 Å². The number of allylic oxidation sites excluding steroid dienone is 1. The van der Waals surface area contributed by atoms with Crippen molar-refractivity contribution < 1.29 is 27.5 Å². The summed E-state index contributed by atoms with van der Waals surface area (Å²) in [6.07, 6.45) is 1.06. The molecule has 3 rings (SSSR count). The van der Waals surface area contributed by atoms with E-state index in [1.807, 2.05) is 0 Å². The maximum Gasteiger partial charge on any atom is 0.355 e. The molecule has 0 fully saturated rings. The smallest absolute Gasteiger partial charge is 0.355 e. The summed E-state index contributed by atoms with van der Waals surface area (Å²) in [4.78, 5) is 27.5. The van der Waals surface area contributed by atoms with Crippen molar-refractivity contribution in [3.05, 3.63) is 81.8 Å². The van der Waals surface area contributed by atoms with E-state index >= 15 is 0 Å². The summed E-state index contributed by atoms with van der Waals surface area (Å²) in [5.41, 5.74) is 7.84. The SMILES string of the molecule is COC(=O)C1=C(C(=O)OC)N(c2cc(S(C)(=O)=O)c(C)cc2C)C(N)=C(C#N)C1c1ccccc1. The molecule has 2 aromatic carbocycles. The molecule has 35 heavy (non-hydrogen) atoms. The van der Waals surface area contributed by atoms with Crippen molar-refractivity contribution in [3.8, 4) is 6.07 Å². The Kier molecular flexibility index (Phi) is 7.03. The molecule has 2 N–H and O–H groups in total. The molecular formula is C25H25N3O6S. The maximum absolute atomic E-state index is 13.2. The summed E-state index contributed by atoms with van der Waals surface area (Å²) < 4.78 is 34.9. The maximum atomic E-state index is 13.2. The molecule has 1 atom stereocenters. The Morgan fingerprint density at radius 2 is 1.63 bits per heavy atom. The number of rotatable bonds is 5. The third-order valence-electron chi connectivity index (χ3n) is 5.74. The lowest BCUT2D eigenvalue weighted by atomic mass is 9.80. The zero-order chi connectivity index (χ0) is 26.1. The van der Waals surface area contributed by atoms with Crippen LogP contribution in [0.15, 0.2) is 70.0 Å². The number of hydrogen-bond donors (Lipinski definition) is 1. The number of carbonyl (C=O) groups excluding carboxylic acids is 2. The fourth-order valence-corrected chi connectivity index (χ4v) is 5.20. The first kappa shape index (κ1) is 25.5. The molecule has 1 heterocycles. The minimum atomic E-state index is -3.65. The van der Waals surface area contributed by atoms with Crippen LogP contribution in [-0.4, -0.2) is 40.8 Å². The number of nitrogens with zero attached hydrogens (tertiary/aromatic N) is 2. The minimum Gasteiger partial charge on any atom is -0.466 e. The summed E-state index contributed by atoms with van der Waals surface area (Å²) in [6.45, 7) is 3.34. The van der Waals surface area contributed by atoms with Gasteiger partial charge < -0.3 is 15.2 Å². The minimum absolute atomic E-state index is 0.00914. The second-order valence-corrected chi connectivity index (χ2v) is 10.00. The van der Waals surface area contributed by atoms with Crippen LogP contribution in [0.2, 0.25) is 0 Å².